The third-order valence-electron chi connectivity index (χ3n) is 1.33. The minimum absolute atomic E-state index is 0.0697. The third kappa shape index (κ3) is 7.77. The Morgan fingerprint density at radius 3 is 2.27 bits per heavy atom. The molecule has 0 aliphatic heterocycles. The summed E-state index contributed by atoms with van der Waals surface area (Å²) in [6.07, 6.45) is 1.21. The number of hydrogen-bond acceptors (Lipinski definition) is 4. The predicted molar refractivity (Wildman–Crippen MR) is 44.3 cm³/mol. The first-order valence-corrected chi connectivity index (χ1v) is 5.49. The molecule has 0 unspecified atom stereocenters. The van der Waals surface area contributed by atoms with E-state index in [4.69, 9.17) is 5.11 Å². The van der Waals surface area contributed by atoms with Gasteiger partial charge in [-0.05, 0) is 7.05 Å². The van der Waals surface area contributed by atoms with Gasteiger partial charge in [0.15, 0.2) is 0 Å². The molecule has 0 bridgehead atoms. The Morgan fingerprint density at radius 2 is 1.91 bits per heavy atom. The molecule has 0 aliphatic carbocycles. The second kappa shape index (κ2) is 4.69. The van der Waals surface area contributed by atoms with Gasteiger partial charge in [0.25, 0.3) is 0 Å². The molecule has 0 aromatic rings. The van der Waals surface area contributed by atoms with Crippen LogP contribution in [-0.2, 0) is 9.84 Å². The quantitative estimate of drug-likeness (QED) is 0.588. The summed E-state index contributed by atoms with van der Waals surface area (Å²) in [6.45, 7) is 1.08. The highest BCUT2D eigenvalue weighted by Crippen LogP contribution is 1.86. The summed E-state index contributed by atoms with van der Waals surface area (Å²) in [7, 11) is -1.08. The highest BCUT2D eigenvalue weighted by molar-refractivity contribution is 7.90. The highest BCUT2D eigenvalue weighted by Gasteiger charge is 2.03. The average molecular weight is 181 g/mol. The number of hydrogen-bond donors (Lipinski definition) is 1. The lowest BCUT2D eigenvalue weighted by atomic mass is 10.5. The van der Waals surface area contributed by atoms with Crippen LogP contribution in [0.15, 0.2) is 0 Å². The highest BCUT2D eigenvalue weighted by atomic mass is 32.2. The Morgan fingerprint density at radius 1 is 1.36 bits per heavy atom. The third-order valence-corrected chi connectivity index (χ3v) is 2.25. The summed E-state index contributed by atoms with van der Waals surface area (Å²) in [4.78, 5) is 1.78. The fourth-order valence-electron chi connectivity index (χ4n) is 0.604. The van der Waals surface area contributed by atoms with Gasteiger partial charge < -0.3 is 10.0 Å². The van der Waals surface area contributed by atoms with Gasteiger partial charge in [-0.1, -0.05) is 0 Å². The second-order valence-corrected chi connectivity index (χ2v) is 4.92. The first kappa shape index (κ1) is 10.9. The normalized spacial score (nSPS) is 12.4. The molecule has 4 nitrogen and oxygen atoms in total. The lowest BCUT2D eigenvalue weighted by Gasteiger charge is -2.13. The summed E-state index contributed by atoms with van der Waals surface area (Å²) in [6, 6.07) is 0. The molecule has 5 heteroatoms. The van der Waals surface area contributed by atoms with E-state index in [9.17, 15) is 8.42 Å². The first-order chi connectivity index (χ1) is 4.95. The van der Waals surface area contributed by atoms with E-state index >= 15 is 0 Å². The molecule has 0 radical (unpaired) electrons. The van der Waals surface area contributed by atoms with Crippen LogP contribution in [0.4, 0.5) is 0 Å². The molecular weight excluding hydrogens is 166 g/mol. The summed E-state index contributed by atoms with van der Waals surface area (Å²) < 4.78 is 21.3. The molecule has 0 aromatic heterocycles. The number of aliphatic hydroxyl groups excluding tert-OH is 1. The zero-order valence-electron chi connectivity index (χ0n) is 6.95. The van der Waals surface area contributed by atoms with Gasteiger partial charge in [-0.3, -0.25) is 0 Å². The fraction of sp³-hybridized carbons (Fsp3) is 1.00. The maximum atomic E-state index is 10.7. The maximum Gasteiger partial charge on any atom is 0.148 e. The largest absolute Gasteiger partial charge is 0.395 e. The van der Waals surface area contributed by atoms with E-state index in [0.29, 0.717) is 13.1 Å². The van der Waals surface area contributed by atoms with Crippen LogP contribution >= 0.6 is 0 Å². The van der Waals surface area contributed by atoms with Crippen molar-refractivity contribution in [2.24, 2.45) is 0 Å². The summed E-state index contributed by atoms with van der Waals surface area (Å²) in [5, 5.41) is 8.47. The SMILES string of the molecule is CN(CCO)CCS(C)(=O)=O. The van der Waals surface area contributed by atoms with Crippen molar-refractivity contribution >= 4 is 9.84 Å². The first-order valence-electron chi connectivity index (χ1n) is 3.43. The van der Waals surface area contributed by atoms with E-state index in [2.05, 4.69) is 0 Å². The summed E-state index contributed by atoms with van der Waals surface area (Å²) in [5.41, 5.74) is 0. The van der Waals surface area contributed by atoms with E-state index in [-0.39, 0.29) is 12.4 Å². The van der Waals surface area contributed by atoms with Gasteiger partial charge in [0.05, 0.1) is 12.4 Å². The van der Waals surface area contributed by atoms with Gasteiger partial charge in [-0.25, -0.2) is 8.42 Å². The molecule has 0 aliphatic rings. The Kier molecular flexibility index (Phi) is 4.63. The van der Waals surface area contributed by atoms with Gasteiger partial charge in [0, 0.05) is 19.3 Å². The molecule has 0 spiro atoms. The van der Waals surface area contributed by atoms with Crippen molar-refractivity contribution in [1.29, 1.82) is 0 Å². The molecular formula is C6H15NO3S. The number of sulfone groups is 1. The van der Waals surface area contributed by atoms with E-state index in [1.807, 2.05) is 0 Å². The van der Waals surface area contributed by atoms with Crippen LogP contribution < -0.4 is 0 Å². The molecule has 1 N–H and O–H groups in total. The van der Waals surface area contributed by atoms with Gasteiger partial charge in [0.1, 0.15) is 9.84 Å². The van der Waals surface area contributed by atoms with Gasteiger partial charge in [0.2, 0.25) is 0 Å². The minimum atomic E-state index is -2.86. The standard InChI is InChI=1S/C6H15NO3S/c1-7(3-5-8)4-6-11(2,9)10/h8H,3-6H2,1-2H3. The Bertz CT molecular complexity index is 188. The van der Waals surface area contributed by atoms with Crippen molar-refractivity contribution in [3.8, 4) is 0 Å². The molecule has 0 aromatic carbocycles. The van der Waals surface area contributed by atoms with Gasteiger partial charge in [-0.15, -0.1) is 0 Å². The van der Waals surface area contributed by atoms with E-state index < -0.39 is 9.84 Å². The van der Waals surface area contributed by atoms with E-state index in [1.165, 1.54) is 6.26 Å². The molecule has 0 saturated carbocycles. The lowest BCUT2D eigenvalue weighted by molar-refractivity contribution is 0.227. The molecule has 0 amide bonds. The second-order valence-electron chi connectivity index (χ2n) is 2.66. The van der Waals surface area contributed by atoms with Crippen molar-refractivity contribution < 1.29 is 13.5 Å². The topological polar surface area (TPSA) is 57.6 Å². The smallest absolute Gasteiger partial charge is 0.148 e. The molecule has 11 heavy (non-hydrogen) atoms. The van der Waals surface area contributed by atoms with Crippen LogP contribution in [0.2, 0.25) is 0 Å². The molecule has 0 heterocycles. The van der Waals surface area contributed by atoms with Crippen molar-refractivity contribution in [3.63, 3.8) is 0 Å². The monoisotopic (exact) mass is 181 g/mol. The summed E-state index contributed by atoms with van der Waals surface area (Å²) in [5.74, 6) is 0.156. The van der Waals surface area contributed by atoms with Crippen molar-refractivity contribution in [1.82, 2.24) is 4.90 Å². The number of likely N-dealkylation sites (N-methyl/N-ethyl adjacent to an activating group) is 1. The lowest BCUT2D eigenvalue weighted by Crippen LogP contribution is -2.27. The Balaban J connectivity index is 3.54. The van der Waals surface area contributed by atoms with E-state index in [1.54, 1.807) is 11.9 Å². The van der Waals surface area contributed by atoms with E-state index in [0.717, 1.165) is 0 Å². The molecule has 0 fully saturated rings. The molecule has 68 valence electrons. The zero-order chi connectivity index (χ0) is 8.91. The number of rotatable bonds is 5. The average Bonchev–Trinajstić information content (AvgIpc) is 1.83. The fourth-order valence-corrected chi connectivity index (χ4v) is 1.25. The minimum Gasteiger partial charge on any atom is -0.395 e. The number of nitrogens with zero attached hydrogens (tertiary/aromatic N) is 1. The van der Waals surface area contributed by atoms with Gasteiger partial charge >= 0.3 is 0 Å². The van der Waals surface area contributed by atoms with Crippen molar-refractivity contribution in [3.05, 3.63) is 0 Å². The summed E-state index contributed by atoms with van der Waals surface area (Å²) >= 11 is 0. The van der Waals surface area contributed by atoms with Crippen molar-refractivity contribution in [2.75, 3.05) is 38.8 Å². The van der Waals surface area contributed by atoms with Crippen LogP contribution in [0.3, 0.4) is 0 Å². The van der Waals surface area contributed by atoms with Crippen molar-refractivity contribution in [2.45, 2.75) is 0 Å². The number of aliphatic hydroxyl groups is 1. The van der Waals surface area contributed by atoms with Crippen LogP contribution in [0, 0.1) is 0 Å². The Labute approximate surface area is 67.7 Å². The maximum absolute atomic E-state index is 10.7. The van der Waals surface area contributed by atoms with Crippen LogP contribution in [0.5, 0.6) is 0 Å². The predicted octanol–water partition coefficient (Wildman–Crippen LogP) is -1.04. The molecule has 0 atom stereocenters. The zero-order valence-corrected chi connectivity index (χ0v) is 7.76. The Hall–Kier alpha value is -0.130. The van der Waals surface area contributed by atoms with Gasteiger partial charge in [-0.2, -0.15) is 0 Å². The van der Waals surface area contributed by atoms with Crippen LogP contribution in [0.25, 0.3) is 0 Å². The van der Waals surface area contributed by atoms with Crippen LogP contribution in [0.1, 0.15) is 0 Å². The van der Waals surface area contributed by atoms with Crippen LogP contribution in [-0.4, -0.2) is 57.2 Å². The molecule has 0 saturated heterocycles. The molecule has 0 rings (SSSR count).